The van der Waals surface area contributed by atoms with E-state index in [1.54, 1.807) is 22.6 Å². The van der Waals surface area contributed by atoms with Gasteiger partial charge in [-0.25, -0.2) is 0 Å². The van der Waals surface area contributed by atoms with Crippen LogP contribution in [0.3, 0.4) is 0 Å². The molecule has 0 saturated heterocycles. The molecule has 3 aromatic carbocycles. The van der Waals surface area contributed by atoms with Gasteiger partial charge in [-0.15, -0.1) is 0 Å². The molecule has 40 heavy (non-hydrogen) atoms. The van der Waals surface area contributed by atoms with Crippen molar-refractivity contribution in [2.24, 2.45) is 0 Å². The Morgan fingerprint density at radius 3 is 2.48 bits per heavy atom. The van der Waals surface area contributed by atoms with E-state index in [9.17, 15) is 9.59 Å². The highest BCUT2D eigenvalue weighted by atomic mass is 16.5. The molecule has 3 heterocycles. The molecule has 0 fully saturated rings. The molecule has 1 N–H and O–H groups in total. The van der Waals surface area contributed by atoms with Gasteiger partial charge in [-0.3, -0.25) is 14.2 Å². The van der Waals surface area contributed by atoms with Crippen molar-refractivity contribution in [1.82, 2.24) is 19.4 Å². The second-order valence-corrected chi connectivity index (χ2v) is 10.8. The van der Waals surface area contributed by atoms with Crippen LogP contribution in [0.2, 0.25) is 0 Å². The Morgan fingerprint density at radius 2 is 1.70 bits per heavy atom. The molecule has 0 spiro atoms. The van der Waals surface area contributed by atoms with Crippen LogP contribution in [-0.4, -0.2) is 52.1 Å². The Hall–Kier alpha value is -4.36. The van der Waals surface area contributed by atoms with Crippen molar-refractivity contribution in [2.45, 2.75) is 38.9 Å². The Balaban J connectivity index is 1.25. The molecule has 1 amide bonds. The molecule has 1 aliphatic rings. The highest BCUT2D eigenvalue weighted by Gasteiger charge is 2.33. The van der Waals surface area contributed by atoms with Gasteiger partial charge in [-0.05, 0) is 73.2 Å². The highest BCUT2D eigenvalue weighted by Crippen LogP contribution is 2.28. The molecule has 0 saturated carbocycles. The van der Waals surface area contributed by atoms with Crippen LogP contribution in [0, 0.1) is 0 Å². The third-order valence-corrected chi connectivity index (χ3v) is 7.80. The summed E-state index contributed by atoms with van der Waals surface area (Å²) in [5.41, 5.74) is 4.71. The Labute approximate surface area is 234 Å². The summed E-state index contributed by atoms with van der Waals surface area (Å²) in [6.07, 6.45) is 2.88. The Morgan fingerprint density at radius 1 is 0.875 bits per heavy atom. The fraction of sp³-hybridized carbons (Fsp3) is 0.273. The zero-order valence-corrected chi connectivity index (χ0v) is 23.1. The molecule has 0 bridgehead atoms. The largest absolute Gasteiger partial charge is 0.497 e. The second-order valence-electron chi connectivity index (χ2n) is 10.8. The SMILES string of the molecule is COc1ccc2c(c1)cc1n2C(=O)CN(C[C@H](Cc2ccccc2)NCc2ccc3ccn(C(C)C)c3c2)C1=O. The molecule has 204 valence electrons. The molecular formula is C33H34N4O3. The molecule has 0 aliphatic carbocycles. The lowest BCUT2D eigenvalue weighted by molar-refractivity contribution is 0.0608. The van der Waals surface area contributed by atoms with Gasteiger partial charge in [0.1, 0.15) is 18.0 Å². The van der Waals surface area contributed by atoms with Crippen LogP contribution in [0.25, 0.3) is 21.8 Å². The summed E-state index contributed by atoms with van der Waals surface area (Å²) in [5, 5.41) is 5.74. The molecule has 2 aromatic heterocycles. The van der Waals surface area contributed by atoms with Crippen LogP contribution in [0.5, 0.6) is 5.75 Å². The number of carbonyl (C=O) groups is 2. The van der Waals surface area contributed by atoms with E-state index in [-0.39, 0.29) is 24.4 Å². The first-order valence-corrected chi connectivity index (χ1v) is 13.8. The average molecular weight is 535 g/mol. The first-order chi connectivity index (χ1) is 19.4. The van der Waals surface area contributed by atoms with Gasteiger partial charge in [0.15, 0.2) is 0 Å². The second kappa shape index (κ2) is 10.7. The molecule has 5 aromatic rings. The standard InChI is InChI=1S/C33H34N4O3/c1-22(2)36-14-13-25-10-9-24(16-30(25)36)19-34-27(15-23-7-5-4-6-8-23)20-35-21-32(38)37-29-12-11-28(40-3)17-26(29)18-31(37)33(35)39/h4-14,16-18,22,27,34H,15,19-21H2,1-3H3/t27-/m0/s1. The van der Waals surface area contributed by atoms with Crippen LogP contribution in [0.15, 0.2) is 85.1 Å². The van der Waals surface area contributed by atoms with Gasteiger partial charge in [-0.2, -0.15) is 0 Å². The van der Waals surface area contributed by atoms with E-state index in [2.05, 4.69) is 66.3 Å². The van der Waals surface area contributed by atoms with Gasteiger partial charge < -0.3 is 19.5 Å². The summed E-state index contributed by atoms with van der Waals surface area (Å²) in [6, 6.07) is 26.6. The van der Waals surface area contributed by atoms with Gasteiger partial charge in [0.25, 0.3) is 11.8 Å². The van der Waals surface area contributed by atoms with Crippen molar-refractivity contribution in [1.29, 1.82) is 0 Å². The summed E-state index contributed by atoms with van der Waals surface area (Å²) in [7, 11) is 1.61. The maximum Gasteiger partial charge on any atom is 0.271 e. The number of benzene rings is 3. The van der Waals surface area contributed by atoms with Crippen molar-refractivity contribution >= 4 is 33.6 Å². The van der Waals surface area contributed by atoms with Crippen molar-refractivity contribution in [3.8, 4) is 5.75 Å². The summed E-state index contributed by atoms with van der Waals surface area (Å²) in [6.45, 7) is 5.50. The van der Waals surface area contributed by atoms with Crippen LogP contribution < -0.4 is 10.1 Å². The number of ether oxygens (including phenoxy) is 1. The Kier molecular flexibility index (Phi) is 6.90. The van der Waals surface area contributed by atoms with Gasteiger partial charge in [0.2, 0.25) is 0 Å². The number of methoxy groups -OCH3 is 1. The number of amides is 1. The number of fused-ring (bicyclic) bond motifs is 4. The molecular weight excluding hydrogens is 500 g/mol. The first kappa shape index (κ1) is 25.9. The topological polar surface area (TPSA) is 68.5 Å². The van der Waals surface area contributed by atoms with E-state index in [0.717, 1.165) is 17.3 Å². The quantitative estimate of drug-likeness (QED) is 0.264. The fourth-order valence-electron chi connectivity index (χ4n) is 5.74. The molecule has 6 rings (SSSR count). The maximum atomic E-state index is 13.7. The van der Waals surface area contributed by atoms with Crippen molar-refractivity contribution in [3.63, 3.8) is 0 Å². The minimum atomic E-state index is -0.134. The van der Waals surface area contributed by atoms with Gasteiger partial charge >= 0.3 is 0 Å². The van der Waals surface area contributed by atoms with E-state index in [4.69, 9.17) is 4.74 Å². The smallest absolute Gasteiger partial charge is 0.271 e. The highest BCUT2D eigenvalue weighted by molar-refractivity contribution is 6.09. The number of nitrogens with one attached hydrogen (secondary N) is 1. The molecule has 1 aliphatic heterocycles. The summed E-state index contributed by atoms with van der Waals surface area (Å²) in [5.74, 6) is 0.456. The number of carbonyl (C=O) groups excluding carboxylic acids is 2. The molecule has 7 heteroatoms. The molecule has 7 nitrogen and oxygen atoms in total. The third-order valence-electron chi connectivity index (χ3n) is 7.80. The summed E-state index contributed by atoms with van der Waals surface area (Å²) >= 11 is 0. The molecule has 0 radical (unpaired) electrons. The van der Waals surface area contributed by atoms with E-state index in [0.29, 0.717) is 30.6 Å². The van der Waals surface area contributed by atoms with Crippen LogP contribution in [0.1, 0.15) is 46.3 Å². The van der Waals surface area contributed by atoms with E-state index < -0.39 is 0 Å². The zero-order chi connectivity index (χ0) is 27.8. The van der Waals surface area contributed by atoms with Crippen LogP contribution in [0.4, 0.5) is 0 Å². The van der Waals surface area contributed by atoms with Crippen molar-refractivity contribution < 1.29 is 14.3 Å². The lowest BCUT2D eigenvalue weighted by Gasteiger charge is -2.31. The zero-order valence-electron chi connectivity index (χ0n) is 23.1. The van der Waals surface area contributed by atoms with Gasteiger partial charge in [-0.1, -0.05) is 42.5 Å². The minimum Gasteiger partial charge on any atom is -0.497 e. The average Bonchev–Trinajstić information content (AvgIpc) is 3.56. The van der Waals surface area contributed by atoms with Gasteiger partial charge in [0, 0.05) is 42.3 Å². The van der Waals surface area contributed by atoms with E-state index in [1.165, 1.54) is 22.0 Å². The number of aromatic nitrogens is 2. The fourth-order valence-corrected chi connectivity index (χ4v) is 5.74. The predicted molar refractivity (Wildman–Crippen MR) is 158 cm³/mol. The van der Waals surface area contributed by atoms with Crippen molar-refractivity contribution in [2.75, 3.05) is 20.2 Å². The molecule has 1 atom stereocenters. The lowest BCUT2D eigenvalue weighted by atomic mass is 10.0. The van der Waals surface area contributed by atoms with Gasteiger partial charge in [0.05, 0.1) is 12.6 Å². The number of nitrogens with zero attached hydrogens (tertiary/aromatic N) is 3. The summed E-state index contributed by atoms with van der Waals surface area (Å²) < 4.78 is 9.17. The lowest BCUT2D eigenvalue weighted by Crippen LogP contribution is -2.50. The van der Waals surface area contributed by atoms with E-state index in [1.807, 2.05) is 36.4 Å². The summed E-state index contributed by atoms with van der Waals surface area (Å²) in [4.78, 5) is 28.6. The van der Waals surface area contributed by atoms with E-state index >= 15 is 0 Å². The predicted octanol–water partition coefficient (Wildman–Crippen LogP) is 5.68. The van der Waals surface area contributed by atoms with Crippen LogP contribution >= 0.6 is 0 Å². The number of hydrogen-bond acceptors (Lipinski definition) is 4. The maximum absolute atomic E-state index is 13.7. The third kappa shape index (κ3) is 4.89. The van der Waals surface area contributed by atoms with Crippen LogP contribution in [-0.2, 0) is 13.0 Å². The Bertz CT molecular complexity index is 1700. The molecule has 0 unspecified atom stereocenters. The normalized spacial score (nSPS) is 14.3. The monoisotopic (exact) mass is 534 g/mol. The first-order valence-electron chi connectivity index (χ1n) is 13.8. The van der Waals surface area contributed by atoms with Crippen molar-refractivity contribution in [3.05, 3.63) is 102 Å². The minimum absolute atomic E-state index is 0.0391. The number of hydrogen-bond donors (Lipinski definition) is 1. The number of rotatable bonds is 9.